The second-order valence-corrected chi connectivity index (χ2v) is 5.18. The monoisotopic (exact) mass is 270 g/mol. The van der Waals surface area contributed by atoms with Crippen molar-refractivity contribution in [1.82, 2.24) is 4.98 Å². The van der Waals surface area contributed by atoms with Crippen LogP contribution in [0.2, 0.25) is 0 Å². The van der Waals surface area contributed by atoms with Gasteiger partial charge in [-0.15, -0.1) is 0 Å². The van der Waals surface area contributed by atoms with Crippen LogP contribution >= 0.6 is 0 Å². The molecule has 0 aliphatic rings. The SMILES string of the molecule is Cc1ccc(-c2nc(C)c(C)c(C)c2C)cc1[N+](=O)[O-]. The van der Waals surface area contributed by atoms with Crippen LogP contribution < -0.4 is 0 Å². The predicted octanol–water partition coefficient (Wildman–Crippen LogP) is 4.20. The molecule has 0 aliphatic heterocycles. The number of hydrogen-bond donors (Lipinski definition) is 0. The normalized spacial score (nSPS) is 10.7. The third kappa shape index (κ3) is 2.29. The van der Waals surface area contributed by atoms with E-state index in [9.17, 15) is 10.1 Å². The number of nitro groups is 1. The fourth-order valence-corrected chi connectivity index (χ4v) is 2.30. The molecule has 1 aromatic heterocycles. The Bertz CT molecular complexity index is 706. The van der Waals surface area contributed by atoms with Crippen molar-refractivity contribution in [3.05, 3.63) is 56.3 Å². The van der Waals surface area contributed by atoms with Crippen molar-refractivity contribution in [1.29, 1.82) is 0 Å². The Morgan fingerprint density at radius 3 is 2.25 bits per heavy atom. The fourth-order valence-electron chi connectivity index (χ4n) is 2.30. The third-order valence-electron chi connectivity index (χ3n) is 3.98. The maximum absolute atomic E-state index is 11.1. The molecule has 20 heavy (non-hydrogen) atoms. The maximum Gasteiger partial charge on any atom is 0.272 e. The second kappa shape index (κ2) is 5.04. The van der Waals surface area contributed by atoms with Crippen LogP contribution in [0.15, 0.2) is 18.2 Å². The summed E-state index contributed by atoms with van der Waals surface area (Å²) in [7, 11) is 0. The lowest BCUT2D eigenvalue weighted by molar-refractivity contribution is -0.385. The van der Waals surface area contributed by atoms with Gasteiger partial charge in [-0.25, -0.2) is 0 Å². The third-order valence-corrected chi connectivity index (χ3v) is 3.98. The number of benzene rings is 1. The molecule has 0 bridgehead atoms. The smallest absolute Gasteiger partial charge is 0.258 e. The van der Waals surface area contributed by atoms with E-state index < -0.39 is 0 Å². The van der Waals surface area contributed by atoms with E-state index in [1.54, 1.807) is 19.1 Å². The molecule has 0 aliphatic carbocycles. The zero-order valence-corrected chi connectivity index (χ0v) is 12.4. The average Bonchev–Trinajstić information content (AvgIpc) is 2.41. The lowest BCUT2D eigenvalue weighted by Gasteiger charge is -2.13. The molecule has 0 amide bonds. The Morgan fingerprint density at radius 1 is 1.00 bits per heavy atom. The van der Waals surface area contributed by atoms with Crippen LogP contribution in [0, 0.1) is 44.7 Å². The predicted molar refractivity (Wildman–Crippen MR) is 80.0 cm³/mol. The number of aryl methyl sites for hydroxylation is 2. The van der Waals surface area contributed by atoms with Gasteiger partial charge in [0.2, 0.25) is 0 Å². The number of nitro benzene ring substituents is 1. The quantitative estimate of drug-likeness (QED) is 0.607. The van der Waals surface area contributed by atoms with E-state index in [-0.39, 0.29) is 10.6 Å². The van der Waals surface area contributed by atoms with E-state index in [1.807, 2.05) is 26.8 Å². The molecule has 0 unspecified atom stereocenters. The molecule has 0 atom stereocenters. The summed E-state index contributed by atoms with van der Waals surface area (Å²) in [4.78, 5) is 15.3. The summed E-state index contributed by atoms with van der Waals surface area (Å²) in [6.45, 7) is 9.83. The Balaban J connectivity index is 2.69. The van der Waals surface area contributed by atoms with Crippen molar-refractivity contribution in [2.75, 3.05) is 0 Å². The Morgan fingerprint density at radius 2 is 1.65 bits per heavy atom. The Kier molecular flexibility index (Phi) is 3.57. The van der Waals surface area contributed by atoms with E-state index in [4.69, 9.17) is 0 Å². The van der Waals surface area contributed by atoms with Crippen molar-refractivity contribution in [2.24, 2.45) is 0 Å². The van der Waals surface area contributed by atoms with Crippen LogP contribution in [0.1, 0.15) is 27.9 Å². The largest absolute Gasteiger partial charge is 0.272 e. The van der Waals surface area contributed by atoms with E-state index in [0.717, 1.165) is 22.5 Å². The summed E-state index contributed by atoms with van der Waals surface area (Å²) >= 11 is 0. The molecule has 1 aromatic carbocycles. The fraction of sp³-hybridized carbons (Fsp3) is 0.312. The summed E-state index contributed by atoms with van der Waals surface area (Å²) < 4.78 is 0. The van der Waals surface area contributed by atoms with Gasteiger partial charge in [0.1, 0.15) is 0 Å². The van der Waals surface area contributed by atoms with Gasteiger partial charge in [0.25, 0.3) is 5.69 Å². The minimum atomic E-state index is -0.345. The van der Waals surface area contributed by atoms with Crippen LogP contribution in [-0.4, -0.2) is 9.91 Å². The van der Waals surface area contributed by atoms with E-state index in [1.165, 1.54) is 11.1 Å². The van der Waals surface area contributed by atoms with Crippen LogP contribution in [0.3, 0.4) is 0 Å². The molecule has 2 aromatic rings. The maximum atomic E-state index is 11.1. The standard InChI is InChI=1S/C16H18N2O2/c1-9-6-7-14(8-15(9)18(19)20)16-12(4)10(2)11(3)13(5)17-16/h6-8H,1-5H3. The number of hydrogen-bond acceptors (Lipinski definition) is 3. The molecule has 2 rings (SSSR count). The van der Waals surface area contributed by atoms with Gasteiger partial charge >= 0.3 is 0 Å². The molecule has 104 valence electrons. The summed E-state index contributed by atoms with van der Waals surface area (Å²) in [6, 6.07) is 5.28. The highest BCUT2D eigenvalue weighted by Crippen LogP contribution is 2.30. The van der Waals surface area contributed by atoms with Gasteiger partial charge in [-0.2, -0.15) is 0 Å². The van der Waals surface area contributed by atoms with Crippen molar-refractivity contribution < 1.29 is 4.92 Å². The van der Waals surface area contributed by atoms with Crippen molar-refractivity contribution >= 4 is 5.69 Å². The van der Waals surface area contributed by atoms with Gasteiger partial charge in [-0.05, 0) is 51.3 Å². The lowest BCUT2D eigenvalue weighted by atomic mass is 9.97. The van der Waals surface area contributed by atoms with E-state index >= 15 is 0 Å². The van der Waals surface area contributed by atoms with Crippen molar-refractivity contribution in [3.63, 3.8) is 0 Å². The highest BCUT2D eigenvalue weighted by Gasteiger charge is 2.15. The van der Waals surface area contributed by atoms with Crippen LogP contribution in [-0.2, 0) is 0 Å². The summed E-state index contributed by atoms with van der Waals surface area (Å²) in [6.07, 6.45) is 0. The van der Waals surface area contributed by atoms with Gasteiger partial charge in [-0.3, -0.25) is 15.1 Å². The highest BCUT2D eigenvalue weighted by atomic mass is 16.6. The molecule has 0 saturated carbocycles. The molecule has 4 heteroatoms. The zero-order valence-electron chi connectivity index (χ0n) is 12.4. The van der Waals surface area contributed by atoms with Gasteiger partial charge in [0.05, 0.1) is 10.6 Å². The van der Waals surface area contributed by atoms with E-state index in [0.29, 0.717) is 5.56 Å². The molecular weight excluding hydrogens is 252 g/mol. The molecule has 0 radical (unpaired) electrons. The number of aromatic nitrogens is 1. The van der Waals surface area contributed by atoms with Crippen LogP contribution in [0.4, 0.5) is 5.69 Å². The van der Waals surface area contributed by atoms with Crippen LogP contribution in [0.25, 0.3) is 11.3 Å². The first-order valence-corrected chi connectivity index (χ1v) is 6.52. The van der Waals surface area contributed by atoms with Crippen molar-refractivity contribution in [2.45, 2.75) is 34.6 Å². The summed E-state index contributed by atoms with van der Waals surface area (Å²) in [5.41, 5.74) is 6.83. The molecule has 0 spiro atoms. The summed E-state index contributed by atoms with van der Waals surface area (Å²) in [5.74, 6) is 0. The highest BCUT2D eigenvalue weighted by molar-refractivity contribution is 5.68. The van der Waals surface area contributed by atoms with Gasteiger partial charge in [0, 0.05) is 22.9 Å². The second-order valence-electron chi connectivity index (χ2n) is 5.18. The topological polar surface area (TPSA) is 56.0 Å². The minimum absolute atomic E-state index is 0.139. The number of nitrogens with zero attached hydrogens (tertiary/aromatic N) is 2. The first-order chi connectivity index (χ1) is 9.32. The lowest BCUT2D eigenvalue weighted by Crippen LogP contribution is -2.00. The Hall–Kier alpha value is -2.23. The first-order valence-electron chi connectivity index (χ1n) is 6.52. The van der Waals surface area contributed by atoms with Crippen molar-refractivity contribution in [3.8, 4) is 11.3 Å². The molecule has 4 nitrogen and oxygen atoms in total. The first kappa shape index (κ1) is 14.2. The zero-order chi connectivity index (χ0) is 15.0. The average molecular weight is 270 g/mol. The summed E-state index contributed by atoms with van der Waals surface area (Å²) in [5, 5.41) is 11.1. The van der Waals surface area contributed by atoms with Gasteiger partial charge < -0.3 is 0 Å². The molecule has 1 heterocycles. The molecule has 0 fully saturated rings. The van der Waals surface area contributed by atoms with E-state index in [2.05, 4.69) is 11.9 Å². The van der Waals surface area contributed by atoms with Crippen LogP contribution in [0.5, 0.6) is 0 Å². The molecule has 0 N–H and O–H groups in total. The minimum Gasteiger partial charge on any atom is -0.258 e. The van der Waals surface area contributed by atoms with Gasteiger partial charge in [-0.1, -0.05) is 12.1 Å². The Labute approximate surface area is 118 Å². The number of pyridine rings is 1. The number of rotatable bonds is 2. The molecular formula is C16H18N2O2. The molecule has 0 saturated heterocycles. The van der Waals surface area contributed by atoms with Gasteiger partial charge in [0.15, 0.2) is 0 Å².